The molecule has 2 aliphatic heterocycles. The maximum atomic E-state index is 11.0. The topological polar surface area (TPSA) is 76.1 Å². The van der Waals surface area contributed by atoms with Gasteiger partial charge in [0.15, 0.2) is 0 Å². The van der Waals surface area contributed by atoms with Crippen molar-refractivity contribution in [2.45, 2.75) is 50.9 Å². The fraction of sp³-hybridized carbons (Fsp3) is 0.619. The minimum atomic E-state index is -0.737. The third kappa shape index (κ3) is 5.01. The molecule has 6 heteroatoms. The van der Waals surface area contributed by atoms with E-state index in [4.69, 9.17) is 14.6 Å². The van der Waals surface area contributed by atoms with Crippen LogP contribution in [0.25, 0.3) is 0 Å². The molecule has 2 aliphatic rings. The molecular weight excluding hydrogens is 346 g/mol. The Morgan fingerprint density at radius 2 is 2.00 bits per heavy atom. The molecule has 1 fully saturated rings. The second-order valence-corrected chi connectivity index (χ2v) is 7.72. The highest BCUT2D eigenvalue weighted by molar-refractivity contribution is 5.75. The van der Waals surface area contributed by atoms with E-state index in [1.165, 1.54) is 5.56 Å². The average Bonchev–Trinajstić information content (AvgIpc) is 2.98. The molecule has 0 saturated carbocycles. The zero-order valence-electron chi connectivity index (χ0n) is 16.0. The van der Waals surface area contributed by atoms with Crippen LogP contribution in [-0.2, 0) is 15.0 Å². The molecule has 0 aromatic heterocycles. The highest BCUT2D eigenvalue weighted by atomic mass is 16.5. The number of benzene rings is 1. The number of hydrogen-bond acceptors (Lipinski definition) is 5. The van der Waals surface area contributed by atoms with Crippen LogP contribution in [-0.4, -0.2) is 54.6 Å². The van der Waals surface area contributed by atoms with Crippen LogP contribution in [0.4, 0.5) is 0 Å². The summed E-state index contributed by atoms with van der Waals surface area (Å²) in [6.07, 6.45) is 4.53. The van der Waals surface area contributed by atoms with Gasteiger partial charge in [-0.3, -0.25) is 4.79 Å². The number of ether oxygens (including phenoxy) is 2. The van der Waals surface area contributed by atoms with Gasteiger partial charge < -0.3 is 24.3 Å². The first-order valence-corrected chi connectivity index (χ1v) is 9.82. The van der Waals surface area contributed by atoms with Gasteiger partial charge in [0.05, 0.1) is 19.6 Å². The number of rotatable bonds is 9. The molecule has 3 rings (SSSR count). The molecule has 0 amide bonds. The number of carboxylic acid groups (broad SMARTS) is 1. The van der Waals surface area contributed by atoms with Crippen molar-refractivity contribution in [1.29, 1.82) is 0 Å². The van der Waals surface area contributed by atoms with Crippen molar-refractivity contribution in [1.82, 2.24) is 4.90 Å². The standard InChI is InChI=1S/C21H29NO5/c1-16(23)4-2-3-13-26-17-5-6-18-19(14-17)27-15-21(18)8-11-22(12-9-21)10-7-20(24)25/h5-6,14H,2-4,7-13,15H2,1H3,(H,24,25). The quantitative estimate of drug-likeness (QED) is 0.669. The van der Waals surface area contributed by atoms with E-state index in [0.717, 1.165) is 50.3 Å². The van der Waals surface area contributed by atoms with E-state index in [-0.39, 0.29) is 17.6 Å². The van der Waals surface area contributed by atoms with E-state index >= 15 is 0 Å². The van der Waals surface area contributed by atoms with Crippen molar-refractivity contribution in [3.63, 3.8) is 0 Å². The Labute approximate surface area is 160 Å². The average molecular weight is 375 g/mol. The summed E-state index contributed by atoms with van der Waals surface area (Å²) in [5, 5.41) is 8.85. The van der Waals surface area contributed by atoms with Crippen LogP contribution in [0.3, 0.4) is 0 Å². The van der Waals surface area contributed by atoms with Gasteiger partial charge in [0.25, 0.3) is 0 Å². The summed E-state index contributed by atoms with van der Waals surface area (Å²) in [4.78, 5) is 23.9. The Hall–Kier alpha value is -2.08. The van der Waals surface area contributed by atoms with Gasteiger partial charge in [-0.2, -0.15) is 0 Å². The predicted molar refractivity (Wildman–Crippen MR) is 102 cm³/mol. The second-order valence-electron chi connectivity index (χ2n) is 7.72. The highest BCUT2D eigenvalue weighted by Gasteiger charge is 2.43. The summed E-state index contributed by atoms with van der Waals surface area (Å²) in [7, 11) is 0. The van der Waals surface area contributed by atoms with Gasteiger partial charge in [-0.25, -0.2) is 0 Å². The molecule has 0 radical (unpaired) electrons. The molecule has 148 valence electrons. The number of carbonyl (C=O) groups excluding carboxylic acids is 1. The lowest BCUT2D eigenvalue weighted by molar-refractivity contribution is -0.137. The van der Waals surface area contributed by atoms with E-state index in [0.29, 0.717) is 26.2 Å². The number of carbonyl (C=O) groups is 2. The maximum Gasteiger partial charge on any atom is 0.304 e. The van der Waals surface area contributed by atoms with Crippen molar-refractivity contribution in [2.24, 2.45) is 0 Å². The van der Waals surface area contributed by atoms with Crippen molar-refractivity contribution in [3.8, 4) is 11.5 Å². The molecule has 0 unspecified atom stereocenters. The van der Waals surface area contributed by atoms with Crippen molar-refractivity contribution < 1.29 is 24.2 Å². The summed E-state index contributed by atoms with van der Waals surface area (Å²) in [5.74, 6) is 1.21. The first kappa shape index (κ1) is 19.7. The van der Waals surface area contributed by atoms with E-state index in [1.807, 2.05) is 12.1 Å². The Balaban J connectivity index is 1.52. The third-order valence-electron chi connectivity index (χ3n) is 5.68. The number of likely N-dealkylation sites (tertiary alicyclic amines) is 1. The van der Waals surface area contributed by atoms with Crippen LogP contribution >= 0.6 is 0 Å². The SMILES string of the molecule is CC(=O)CCCCOc1ccc2c(c1)OCC21CCN(CCC(=O)O)CC1. The van der Waals surface area contributed by atoms with Crippen LogP contribution in [0.15, 0.2) is 18.2 Å². The Kier molecular flexibility index (Phi) is 6.37. The number of fused-ring (bicyclic) bond motifs is 2. The Bertz CT molecular complexity index is 679. The largest absolute Gasteiger partial charge is 0.493 e. The zero-order chi connectivity index (χ0) is 19.3. The maximum absolute atomic E-state index is 11.0. The number of ketones is 1. The fourth-order valence-electron chi connectivity index (χ4n) is 3.98. The van der Waals surface area contributed by atoms with Gasteiger partial charge in [-0.05, 0) is 51.8 Å². The van der Waals surface area contributed by atoms with Crippen LogP contribution < -0.4 is 9.47 Å². The lowest BCUT2D eigenvalue weighted by Gasteiger charge is -2.38. The van der Waals surface area contributed by atoms with Gasteiger partial charge in [-0.1, -0.05) is 6.07 Å². The van der Waals surface area contributed by atoms with Gasteiger partial charge in [0.2, 0.25) is 0 Å². The van der Waals surface area contributed by atoms with Crippen molar-refractivity contribution in [3.05, 3.63) is 23.8 Å². The number of nitrogens with zero attached hydrogens (tertiary/aromatic N) is 1. The summed E-state index contributed by atoms with van der Waals surface area (Å²) in [6.45, 7) is 5.35. The first-order chi connectivity index (χ1) is 13.0. The number of hydrogen-bond donors (Lipinski definition) is 1. The van der Waals surface area contributed by atoms with Crippen LogP contribution in [0.2, 0.25) is 0 Å². The lowest BCUT2D eigenvalue weighted by Crippen LogP contribution is -2.44. The molecule has 0 bridgehead atoms. The Morgan fingerprint density at radius 1 is 1.22 bits per heavy atom. The van der Waals surface area contributed by atoms with Crippen molar-refractivity contribution >= 4 is 11.8 Å². The van der Waals surface area contributed by atoms with E-state index in [1.54, 1.807) is 6.92 Å². The van der Waals surface area contributed by atoms with E-state index < -0.39 is 5.97 Å². The number of carboxylic acids is 1. The summed E-state index contributed by atoms with van der Waals surface area (Å²) in [6, 6.07) is 6.11. The minimum Gasteiger partial charge on any atom is -0.493 e. The molecule has 0 atom stereocenters. The molecule has 6 nitrogen and oxygen atoms in total. The fourth-order valence-corrected chi connectivity index (χ4v) is 3.98. The summed E-state index contributed by atoms with van der Waals surface area (Å²) >= 11 is 0. The molecule has 1 N–H and O–H groups in total. The van der Waals surface area contributed by atoms with Crippen LogP contribution in [0.1, 0.15) is 51.0 Å². The smallest absolute Gasteiger partial charge is 0.304 e. The lowest BCUT2D eigenvalue weighted by atomic mass is 9.74. The third-order valence-corrected chi connectivity index (χ3v) is 5.68. The summed E-state index contributed by atoms with van der Waals surface area (Å²) in [5.41, 5.74) is 1.30. The molecule has 2 heterocycles. The molecule has 1 aromatic carbocycles. The summed E-state index contributed by atoms with van der Waals surface area (Å²) < 4.78 is 11.8. The molecule has 27 heavy (non-hydrogen) atoms. The first-order valence-electron chi connectivity index (χ1n) is 9.82. The van der Waals surface area contributed by atoms with Gasteiger partial charge >= 0.3 is 5.97 Å². The number of piperidine rings is 1. The predicted octanol–water partition coefficient (Wildman–Crippen LogP) is 3.03. The molecule has 1 spiro atoms. The van der Waals surface area contributed by atoms with Crippen molar-refractivity contribution in [2.75, 3.05) is 32.8 Å². The number of aliphatic carboxylic acids is 1. The molecular formula is C21H29NO5. The monoisotopic (exact) mass is 375 g/mol. The van der Waals surface area contributed by atoms with Gasteiger partial charge in [0.1, 0.15) is 17.3 Å². The van der Waals surface area contributed by atoms with E-state index in [9.17, 15) is 9.59 Å². The Morgan fingerprint density at radius 3 is 2.70 bits per heavy atom. The van der Waals surface area contributed by atoms with Gasteiger partial charge in [0, 0.05) is 30.0 Å². The minimum absolute atomic E-state index is 0.0507. The van der Waals surface area contributed by atoms with Crippen LogP contribution in [0.5, 0.6) is 11.5 Å². The van der Waals surface area contributed by atoms with Crippen LogP contribution in [0, 0.1) is 0 Å². The highest BCUT2D eigenvalue weighted by Crippen LogP contribution is 2.46. The molecule has 1 aromatic rings. The zero-order valence-corrected chi connectivity index (χ0v) is 16.0. The number of Topliss-reactive ketones (excluding diaryl/α,β-unsaturated/α-hetero) is 1. The van der Waals surface area contributed by atoms with Gasteiger partial charge in [-0.15, -0.1) is 0 Å². The normalized spacial score (nSPS) is 18.1. The second kappa shape index (κ2) is 8.74. The molecule has 0 aliphatic carbocycles. The number of unbranched alkanes of at least 4 members (excludes halogenated alkanes) is 1. The van der Waals surface area contributed by atoms with E-state index in [2.05, 4.69) is 11.0 Å². The molecule has 1 saturated heterocycles.